The number of anilines is 2. The van der Waals surface area contributed by atoms with E-state index in [0.717, 1.165) is 5.56 Å². The highest BCUT2D eigenvalue weighted by molar-refractivity contribution is 6.18. The molecule has 1 aliphatic heterocycles. The Bertz CT molecular complexity index is 520. The van der Waals surface area contributed by atoms with E-state index in [1.54, 1.807) is 0 Å². The highest BCUT2D eigenvalue weighted by Crippen LogP contribution is 2.28. The molecule has 0 bridgehead atoms. The van der Waals surface area contributed by atoms with Gasteiger partial charge in [0, 0.05) is 24.4 Å². The van der Waals surface area contributed by atoms with E-state index < -0.39 is 5.82 Å². The van der Waals surface area contributed by atoms with Gasteiger partial charge >= 0.3 is 0 Å². The van der Waals surface area contributed by atoms with Crippen LogP contribution in [0.4, 0.5) is 15.8 Å². The molecule has 0 radical (unpaired) electrons. The van der Waals surface area contributed by atoms with Crippen LogP contribution in [0.15, 0.2) is 12.1 Å². The summed E-state index contributed by atoms with van der Waals surface area (Å²) in [5, 5.41) is 5.15. The Morgan fingerprint density at radius 3 is 2.95 bits per heavy atom. The van der Waals surface area contributed by atoms with Crippen LogP contribution in [0, 0.1) is 5.82 Å². The Hall–Kier alpha value is -1.62. The first-order valence-electron chi connectivity index (χ1n) is 6.08. The molecule has 1 aromatic rings. The van der Waals surface area contributed by atoms with Crippen LogP contribution in [0.2, 0.25) is 0 Å². The molecule has 4 nitrogen and oxygen atoms in total. The lowest BCUT2D eigenvalue weighted by atomic mass is 10.0. The second-order valence-corrected chi connectivity index (χ2v) is 4.76. The van der Waals surface area contributed by atoms with E-state index in [2.05, 4.69) is 10.6 Å². The largest absolute Gasteiger partial charge is 0.326 e. The van der Waals surface area contributed by atoms with E-state index in [9.17, 15) is 14.0 Å². The monoisotopic (exact) mass is 284 g/mol. The second kappa shape index (κ2) is 6.02. The normalized spacial score (nSPS) is 13.7. The third-order valence-electron chi connectivity index (χ3n) is 2.90. The van der Waals surface area contributed by atoms with Gasteiger partial charge in [0.1, 0.15) is 5.82 Å². The number of rotatable bonds is 4. The molecular formula is C13H14ClFN2O2. The van der Waals surface area contributed by atoms with Gasteiger partial charge in [0.05, 0.1) is 5.69 Å². The van der Waals surface area contributed by atoms with Crippen LogP contribution in [0.1, 0.15) is 24.8 Å². The standard InChI is InChI=1S/C13H14ClFN2O2/c14-5-1-2-12(18)17-11-7-10-8(6-9(11)15)3-4-13(19)16-10/h6-7H,1-5H2,(H,16,19)(H,17,18). The summed E-state index contributed by atoms with van der Waals surface area (Å²) in [7, 11) is 0. The maximum atomic E-state index is 13.8. The molecule has 2 N–H and O–H groups in total. The van der Waals surface area contributed by atoms with Crippen molar-refractivity contribution < 1.29 is 14.0 Å². The lowest BCUT2D eigenvalue weighted by molar-refractivity contribution is -0.117. The molecule has 6 heteroatoms. The molecule has 0 fully saturated rings. The van der Waals surface area contributed by atoms with Gasteiger partial charge in [-0.2, -0.15) is 0 Å². The van der Waals surface area contributed by atoms with Crippen LogP contribution in [-0.2, 0) is 16.0 Å². The zero-order valence-electron chi connectivity index (χ0n) is 10.3. The van der Waals surface area contributed by atoms with E-state index in [1.807, 2.05) is 0 Å². The third kappa shape index (κ3) is 3.44. The van der Waals surface area contributed by atoms with Crippen molar-refractivity contribution >= 4 is 34.8 Å². The van der Waals surface area contributed by atoms with Crippen molar-refractivity contribution in [2.75, 3.05) is 16.5 Å². The van der Waals surface area contributed by atoms with E-state index in [-0.39, 0.29) is 23.9 Å². The Kier molecular flexibility index (Phi) is 4.37. The number of amides is 2. The minimum Gasteiger partial charge on any atom is -0.326 e. The zero-order chi connectivity index (χ0) is 13.8. The number of hydrogen-bond donors (Lipinski definition) is 2. The van der Waals surface area contributed by atoms with Crippen molar-refractivity contribution in [1.29, 1.82) is 0 Å². The number of carbonyl (C=O) groups is 2. The van der Waals surface area contributed by atoms with E-state index in [1.165, 1.54) is 12.1 Å². The molecule has 1 heterocycles. The minimum atomic E-state index is -0.492. The molecule has 2 rings (SSSR count). The summed E-state index contributed by atoms with van der Waals surface area (Å²) < 4.78 is 13.8. The number of nitrogens with one attached hydrogen (secondary N) is 2. The van der Waals surface area contributed by atoms with Crippen LogP contribution in [0.3, 0.4) is 0 Å². The SMILES string of the molecule is O=C(CCCCl)Nc1cc2c(cc1F)CCC(=O)N2. The maximum absolute atomic E-state index is 13.8. The summed E-state index contributed by atoms with van der Waals surface area (Å²) in [6, 6.07) is 2.81. The molecule has 0 aromatic heterocycles. The van der Waals surface area contributed by atoms with Gasteiger partial charge in [-0.15, -0.1) is 11.6 Å². The third-order valence-corrected chi connectivity index (χ3v) is 3.17. The summed E-state index contributed by atoms with van der Waals surface area (Å²) in [5.41, 5.74) is 1.39. The predicted molar refractivity (Wildman–Crippen MR) is 71.9 cm³/mol. The van der Waals surface area contributed by atoms with Gasteiger partial charge in [-0.05, 0) is 30.5 Å². The van der Waals surface area contributed by atoms with Gasteiger partial charge < -0.3 is 10.6 Å². The van der Waals surface area contributed by atoms with Gasteiger partial charge in [-0.1, -0.05) is 0 Å². The summed E-state index contributed by atoms with van der Waals surface area (Å²) in [4.78, 5) is 22.8. The molecule has 0 saturated heterocycles. The van der Waals surface area contributed by atoms with Crippen LogP contribution >= 0.6 is 11.6 Å². The molecule has 1 aromatic carbocycles. The predicted octanol–water partition coefficient (Wildman–Crippen LogP) is 2.67. The van der Waals surface area contributed by atoms with E-state index in [0.29, 0.717) is 30.8 Å². The summed E-state index contributed by atoms with van der Waals surface area (Å²) >= 11 is 5.49. The average Bonchev–Trinajstić information content (AvgIpc) is 2.38. The smallest absolute Gasteiger partial charge is 0.224 e. The number of halogens is 2. The lowest BCUT2D eigenvalue weighted by Crippen LogP contribution is -2.20. The van der Waals surface area contributed by atoms with Gasteiger partial charge in [0.2, 0.25) is 11.8 Å². The molecule has 0 saturated carbocycles. The first-order valence-corrected chi connectivity index (χ1v) is 6.61. The molecule has 1 aliphatic rings. The van der Waals surface area contributed by atoms with Crippen molar-refractivity contribution in [2.24, 2.45) is 0 Å². The number of fused-ring (bicyclic) bond motifs is 1. The highest BCUT2D eigenvalue weighted by atomic mass is 35.5. The number of hydrogen-bond acceptors (Lipinski definition) is 2. The molecular weight excluding hydrogens is 271 g/mol. The first-order chi connectivity index (χ1) is 9.10. The molecule has 19 heavy (non-hydrogen) atoms. The van der Waals surface area contributed by atoms with Gasteiger partial charge in [0.15, 0.2) is 0 Å². The van der Waals surface area contributed by atoms with Crippen LogP contribution in [-0.4, -0.2) is 17.7 Å². The van der Waals surface area contributed by atoms with Crippen molar-refractivity contribution in [3.05, 3.63) is 23.5 Å². The van der Waals surface area contributed by atoms with Crippen molar-refractivity contribution in [1.82, 2.24) is 0 Å². The average molecular weight is 285 g/mol. The number of alkyl halides is 1. The molecule has 0 unspecified atom stereocenters. The fourth-order valence-electron chi connectivity index (χ4n) is 1.93. The molecule has 102 valence electrons. The quantitative estimate of drug-likeness (QED) is 0.835. The van der Waals surface area contributed by atoms with E-state index >= 15 is 0 Å². The van der Waals surface area contributed by atoms with Gasteiger partial charge in [0.25, 0.3) is 0 Å². The highest BCUT2D eigenvalue weighted by Gasteiger charge is 2.18. The fourth-order valence-corrected chi connectivity index (χ4v) is 2.07. The van der Waals surface area contributed by atoms with Crippen molar-refractivity contribution in [3.63, 3.8) is 0 Å². The second-order valence-electron chi connectivity index (χ2n) is 4.38. The Morgan fingerprint density at radius 1 is 1.42 bits per heavy atom. The number of aryl methyl sites for hydroxylation is 1. The minimum absolute atomic E-state index is 0.0838. The lowest BCUT2D eigenvalue weighted by Gasteiger charge is -2.18. The molecule has 0 spiro atoms. The summed E-state index contributed by atoms with van der Waals surface area (Å²) in [6.07, 6.45) is 1.65. The summed E-state index contributed by atoms with van der Waals surface area (Å²) in [6.45, 7) is 0. The Balaban J connectivity index is 2.15. The summed E-state index contributed by atoms with van der Waals surface area (Å²) in [5.74, 6) is -0.495. The molecule has 0 aliphatic carbocycles. The van der Waals surface area contributed by atoms with Gasteiger partial charge in [-0.25, -0.2) is 4.39 Å². The van der Waals surface area contributed by atoms with Crippen LogP contribution < -0.4 is 10.6 Å². The van der Waals surface area contributed by atoms with Gasteiger partial charge in [-0.3, -0.25) is 9.59 Å². The van der Waals surface area contributed by atoms with Crippen LogP contribution in [0.25, 0.3) is 0 Å². The molecule has 0 atom stereocenters. The number of benzene rings is 1. The Morgan fingerprint density at radius 2 is 2.21 bits per heavy atom. The maximum Gasteiger partial charge on any atom is 0.224 e. The van der Waals surface area contributed by atoms with Crippen molar-refractivity contribution in [2.45, 2.75) is 25.7 Å². The molecule has 2 amide bonds. The number of carbonyl (C=O) groups excluding carboxylic acids is 2. The van der Waals surface area contributed by atoms with Crippen LogP contribution in [0.5, 0.6) is 0 Å². The Labute approximate surface area is 115 Å². The topological polar surface area (TPSA) is 58.2 Å². The van der Waals surface area contributed by atoms with E-state index in [4.69, 9.17) is 11.6 Å². The fraction of sp³-hybridized carbons (Fsp3) is 0.385. The zero-order valence-corrected chi connectivity index (χ0v) is 11.0. The first kappa shape index (κ1) is 13.8. The van der Waals surface area contributed by atoms with Crippen molar-refractivity contribution in [3.8, 4) is 0 Å².